The van der Waals surface area contributed by atoms with Crippen LogP contribution < -0.4 is 10.3 Å². The van der Waals surface area contributed by atoms with Gasteiger partial charge in [-0.25, -0.2) is 9.78 Å². The highest BCUT2D eigenvalue weighted by Gasteiger charge is 2.25. The van der Waals surface area contributed by atoms with Crippen LogP contribution in [0.5, 0.6) is 5.75 Å². The molecule has 4 rings (SSSR count). The molecule has 0 spiro atoms. The van der Waals surface area contributed by atoms with Crippen LogP contribution in [0.3, 0.4) is 0 Å². The van der Waals surface area contributed by atoms with E-state index in [-0.39, 0.29) is 24.1 Å². The first kappa shape index (κ1) is 25.4. The second-order valence-electron chi connectivity index (χ2n) is 8.27. The number of nitrogens with zero attached hydrogens (tertiary/aromatic N) is 2. The minimum Gasteiger partial charge on any atom is -0.496 e. The molecule has 1 fully saturated rings. The number of Topliss-reactive ketones (excluding diaryl/α,β-unsaturated/α-hetero) is 1. The number of thioether (sulfide) groups is 1. The predicted octanol–water partition coefficient (Wildman–Crippen LogP) is 4.63. The third-order valence-electron chi connectivity index (χ3n) is 5.93. The van der Waals surface area contributed by atoms with Crippen LogP contribution in [-0.2, 0) is 21.8 Å². The molecule has 0 radical (unpaired) electrons. The summed E-state index contributed by atoms with van der Waals surface area (Å²) in [4.78, 5) is 43.7. The number of aromatic nitrogens is 2. The van der Waals surface area contributed by atoms with E-state index >= 15 is 0 Å². The number of ketones is 1. The first-order valence-electron chi connectivity index (χ1n) is 11.5. The Labute approximate surface area is 211 Å². The van der Waals surface area contributed by atoms with Gasteiger partial charge in [-0.05, 0) is 57.4 Å². The number of hydrogen-bond donors (Lipinski definition) is 0. The van der Waals surface area contributed by atoms with Gasteiger partial charge in [0.1, 0.15) is 15.5 Å². The molecule has 0 N–H and O–H groups in total. The van der Waals surface area contributed by atoms with Crippen LogP contribution in [0, 0.1) is 6.92 Å². The Morgan fingerprint density at radius 1 is 1.34 bits per heavy atom. The molecule has 8 nitrogen and oxygen atoms in total. The Kier molecular flexibility index (Phi) is 7.93. The zero-order chi connectivity index (χ0) is 25.1. The Bertz CT molecular complexity index is 1320. The smallest absolute Gasteiger partial charge is 0.348 e. The number of thiophene rings is 1. The molecule has 1 atom stereocenters. The third-order valence-corrected chi connectivity index (χ3v) is 8.12. The first-order valence-corrected chi connectivity index (χ1v) is 13.3. The lowest BCUT2D eigenvalue weighted by atomic mass is 10.1. The molecule has 1 aromatic carbocycles. The van der Waals surface area contributed by atoms with Gasteiger partial charge in [-0.15, -0.1) is 11.3 Å². The fourth-order valence-electron chi connectivity index (χ4n) is 4.11. The number of esters is 1. The second kappa shape index (κ2) is 10.9. The monoisotopic (exact) mass is 516 g/mol. The SMILES string of the molecule is CCOC(=O)c1sc2nc(SCc3cc(C(C)=O)ccc3OC)n(C[C@@H]3CCCO3)c(=O)c2c1C. The lowest BCUT2D eigenvalue weighted by Crippen LogP contribution is -2.28. The van der Waals surface area contributed by atoms with Crippen molar-refractivity contribution in [3.8, 4) is 5.75 Å². The highest BCUT2D eigenvalue weighted by Crippen LogP contribution is 2.33. The minimum absolute atomic E-state index is 0.0331. The lowest BCUT2D eigenvalue weighted by Gasteiger charge is -2.16. The molecular weight excluding hydrogens is 488 g/mol. The summed E-state index contributed by atoms with van der Waals surface area (Å²) in [6.45, 7) is 6.35. The number of methoxy groups -OCH3 is 1. The van der Waals surface area contributed by atoms with Crippen LogP contribution in [-0.4, -0.2) is 47.7 Å². The van der Waals surface area contributed by atoms with E-state index in [2.05, 4.69) is 0 Å². The predicted molar refractivity (Wildman–Crippen MR) is 136 cm³/mol. The standard InChI is InChI=1S/C25H28N2O6S2/c1-5-32-24(30)21-14(2)20-22(35-21)26-25(27(23(20)29)12-18-7-6-10-33-18)34-13-17-11-16(15(3)28)8-9-19(17)31-4/h8-9,11,18H,5-7,10,12-13H2,1-4H3/t18-/m0/s1. The van der Waals surface area contributed by atoms with Gasteiger partial charge in [0.2, 0.25) is 0 Å². The largest absolute Gasteiger partial charge is 0.496 e. The summed E-state index contributed by atoms with van der Waals surface area (Å²) >= 11 is 2.57. The Morgan fingerprint density at radius 2 is 2.14 bits per heavy atom. The Hall–Kier alpha value is -2.69. The summed E-state index contributed by atoms with van der Waals surface area (Å²) in [5.41, 5.74) is 1.82. The van der Waals surface area contributed by atoms with Crippen LogP contribution in [0.15, 0.2) is 28.2 Å². The number of carbonyl (C=O) groups is 2. The van der Waals surface area contributed by atoms with Crippen LogP contribution >= 0.6 is 23.1 Å². The number of carbonyl (C=O) groups excluding carboxylic acids is 2. The summed E-state index contributed by atoms with van der Waals surface area (Å²) in [5, 5.41) is 0.974. The van der Waals surface area contributed by atoms with Gasteiger partial charge in [0, 0.05) is 23.5 Å². The summed E-state index contributed by atoms with van der Waals surface area (Å²) in [6.07, 6.45) is 1.77. The van der Waals surface area contributed by atoms with Crippen molar-refractivity contribution in [3.63, 3.8) is 0 Å². The van der Waals surface area contributed by atoms with Gasteiger partial charge in [0.25, 0.3) is 5.56 Å². The zero-order valence-electron chi connectivity index (χ0n) is 20.2. The highest BCUT2D eigenvalue weighted by molar-refractivity contribution is 7.98. The van der Waals surface area contributed by atoms with Gasteiger partial charge in [0.05, 0.1) is 31.8 Å². The maximum absolute atomic E-state index is 13.7. The third kappa shape index (κ3) is 5.29. The number of ether oxygens (including phenoxy) is 3. The molecule has 10 heteroatoms. The summed E-state index contributed by atoms with van der Waals surface area (Å²) in [7, 11) is 1.58. The average Bonchev–Trinajstić information content (AvgIpc) is 3.47. The Morgan fingerprint density at radius 3 is 2.80 bits per heavy atom. The topological polar surface area (TPSA) is 96.7 Å². The van der Waals surface area contributed by atoms with E-state index < -0.39 is 5.97 Å². The zero-order valence-corrected chi connectivity index (χ0v) is 21.8. The van der Waals surface area contributed by atoms with Crippen LogP contribution in [0.1, 0.15) is 57.8 Å². The molecule has 1 saturated heterocycles. The average molecular weight is 517 g/mol. The molecule has 2 aromatic heterocycles. The van der Waals surface area contributed by atoms with Gasteiger partial charge < -0.3 is 14.2 Å². The van der Waals surface area contributed by atoms with Crippen molar-refractivity contribution in [3.05, 3.63) is 50.1 Å². The summed E-state index contributed by atoms with van der Waals surface area (Å²) < 4.78 is 18.1. The van der Waals surface area contributed by atoms with E-state index in [1.165, 1.54) is 30.0 Å². The minimum atomic E-state index is -0.446. The quantitative estimate of drug-likeness (QED) is 0.176. The highest BCUT2D eigenvalue weighted by atomic mass is 32.2. The van der Waals surface area contributed by atoms with Gasteiger partial charge in [-0.3, -0.25) is 14.2 Å². The van der Waals surface area contributed by atoms with E-state index in [9.17, 15) is 14.4 Å². The van der Waals surface area contributed by atoms with Crippen LogP contribution in [0.25, 0.3) is 10.2 Å². The molecule has 1 aliphatic rings. The van der Waals surface area contributed by atoms with Crippen molar-refractivity contribution >= 4 is 45.1 Å². The molecule has 35 heavy (non-hydrogen) atoms. The van der Waals surface area contributed by atoms with E-state index in [0.29, 0.717) is 56.0 Å². The van der Waals surface area contributed by atoms with Gasteiger partial charge >= 0.3 is 5.97 Å². The molecule has 0 unspecified atom stereocenters. The number of benzene rings is 1. The molecule has 0 saturated carbocycles. The van der Waals surface area contributed by atoms with Crippen molar-refractivity contribution in [2.45, 2.75) is 57.2 Å². The van der Waals surface area contributed by atoms with E-state index in [1.54, 1.807) is 37.7 Å². The Balaban J connectivity index is 1.77. The summed E-state index contributed by atoms with van der Waals surface area (Å²) in [5.74, 6) is 0.628. The normalized spacial score (nSPS) is 15.5. The van der Waals surface area contributed by atoms with Crippen LogP contribution in [0.4, 0.5) is 0 Å². The van der Waals surface area contributed by atoms with Gasteiger partial charge in [0.15, 0.2) is 10.9 Å². The van der Waals surface area contributed by atoms with Crippen molar-refractivity contribution in [1.29, 1.82) is 0 Å². The molecule has 0 aliphatic carbocycles. The summed E-state index contributed by atoms with van der Waals surface area (Å²) in [6, 6.07) is 5.32. The van der Waals surface area contributed by atoms with Crippen molar-refractivity contribution in [1.82, 2.24) is 9.55 Å². The van der Waals surface area contributed by atoms with Crippen molar-refractivity contribution < 1.29 is 23.8 Å². The maximum atomic E-state index is 13.7. The number of aryl methyl sites for hydroxylation is 1. The molecule has 0 amide bonds. The lowest BCUT2D eigenvalue weighted by molar-refractivity contribution is 0.0531. The number of rotatable bonds is 9. The molecular formula is C25H28N2O6S2. The van der Waals surface area contributed by atoms with Gasteiger partial charge in [-0.1, -0.05) is 11.8 Å². The molecule has 1 aliphatic heterocycles. The van der Waals surface area contributed by atoms with Crippen molar-refractivity contribution in [2.24, 2.45) is 0 Å². The maximum Gasteiger partial charge on any atom is 0.348 e. The fraction of sp³-hybridized carbons (Fsp3) is 0.440. The molecule has 3 heterocycles. The molecule has 3 aromatic rings. The first-order chi connectivity index (χ1) is 16.8. The molecule has 186 valence electrons. The fourth-order valence-corrected chi connectivity index (χ4v) is 6.21. The second-order valence-corrected chi connectivity index (χ2v) is 10.2. The molecule has 0 bridgehead atoms. The van der Waals surface area contributed by atoms with Gasteiger partial charge in [-0.2, -0.15) is 0 Å². The number of hydrogen-bond acceptors (Lipinski definition) is 9. The van der Waals surface area contributed by atoms with E-state index in [4.69, 9.17) is 19.2 Å². The number of fused-ring (bicyclic) bond motifs is 1. The van der Waals surface area contributed by atoms with Crippen molar-refractivity contribution in [2.75, 3.05) is 20.3 Å². The van der Waals surface area contributed by atoms with E-state index in [0.717, 1.165) is 18.4 Å². The van der Waals surface area contributed by atoms with Crippen LogP contribution in [0.2, 0.25) is 0 Å². The van der Waals surface area contributed by atoms with E-state index in [1.807, 2.05) is 6.07 Å².